The third kappa shape index (κ3) is 3.52. The number of carbonyl (C=O) groups is 1. The van der Waals surface area contributed by atoms with E-state index in [1.807, 2.05) is 17.7 Å². The van der Waals surface area contributed by atoms with Crippen molar-refractivity contribution in [2.75, 3.05) is 13.2 Å². The molecule has 0 saturated carbocycles. The fourth-order valence-electron chi connectivity index (χ4n) is 3.29. The third-order valence-corrected chi connectivity index (χ3v) is 4.66. The predicted octanol–water partition coefficient (Wildman–Crippen LogP) is 3.73. The maximum absolute atomic E-state index is 13.6. The molecule has 1 amide bonds. The fraction of sp³-hybridized carbons (Fsp3) is 0.474. The third-order valence-electron chi connectivity index (χ3n) is 4.66. The molecule has 2 aromatic rings. The van der Waals surface area contributed by atoms with Crippen molar-refractivity contribution in [3.8, 4) is 5.75 Å². The number of rotatable bonds is 4. The predicted molar refractivity (Wildman–Crippen MR) is 93.2 cm³/mol. The van der Waals surface area contributed by atoms with Crippen LogP contribution in [0.4, 0.5) is 4.39 Å². The summed E-state index contributed by atoms with van der Waals surface area (Å²) >= 11 is 0. The maximum atomic E-state index is 13.6. The van der Waals surface area contributed by atoms with Gasteiger partial charge in [0.2, 0.25) is 0 Å². The fourth-order valence-corrected chi connectivity index (χ4v) is 3.29. The first-order chi connectivity index (χ1) is 12.0. The number of carbonyl (C=O) groups excluding carboxylic acids is 1. The summed E-state index contributed by atoms with van der Waals surface area (Å²) in [5, 5.41) is 4.53. The van der Waals surface area contributed by atoms with Gasteiger partial charge in [0.05, 0.1) is 18.3 Å². The van der Waals surface area contributed by atoms with Crippen molar-refractivity contribution in [2.24, 2.45) is 0 Å². The summed E-state index contributed by atoms with van der Waals surface area (Å²) in [5.74, 6) is 0.226. The number of halogens is 1. The Morgan fingerprint density at radius 3 is 2.80 bits per heavy atom. The standard InChI is InChI=1S/C19H24FN3O2/c1-4-16(5-2)23-17(10-13(3)21-23)19(24)22-8-9-25-18-7-6-15(20)11-14(18)12-22/h6-7,10-11,16H,4-5,8-9,12H2,1-3H3. The Morgan fingerprint density at radius 1 is 1.32 bits per heavy atom. The van der Waals surface area contributed by atoms with Crippen LogP contribution < -0.4 is 4.74 Å². The summed E-state index contributed by atoms with van der Waals surface area (Å²) in [4.78, 5) is 14.8. The van der Waals surface area contributed by atoms with Crippen molar-refractivity contribution in [1.29, 1.82) is 0 Å². The molecule has 0 fully saturated rings. The van der Waals surface area contributed by atoms with Gasteiger partial charge in [0.15, 0.2) is 0 Å². The first kappa shape index (κ1) is 17.5. The molecule has 0 unspecified atom stereocenters. The van der Waals surface area contributed by atoms with Crippen molar-refractivity contribution in [3.05, 3.63) is 47.0 Å². The lowest BCUT2D eigenvalue weighted by atomic mass is 10.1. The average molecular weight is 345 g/mol. The molecule has 0 atom stereocenters. The highest BCUT2D eigenvalue weighted by atomic mass is 19.1. The molecule has 25 heavy (non-hydrogen) atoms. The Kier molecular flexibility index (Phi) is 5.06. The molecule has 1 aromatic carbocycles. The number of fused-ring (bicyclic) bond motifs is 1. The minimum atomic E-state index is -0.324. The van der Waals surface area contributed by atoms with Crippen LogP contribution in [0.5, 0.6) is 5.75 Å². The van der Waals surface area contributed by atoms with Gasteiger partial charge in [0, 0.05) is 12.1 Å². The van der Waals surface area contributed by atoms with Gasteiger partial charge in [-0.3, -0.25) is 9.48 Å². The van der Waals surface area contributed by atoms with Gasteiger partial charge < -0.3 is 9.64 Å². The molecule has 5 nitrogen and oxygen atoms in total. The molecule has 2 heterocycles. The normalized spacial score (nSPS) is 14.2. The highest BCUT2D eigenvalue weighted by Crippen LogP contribution is 2.26. The molecular formula is C19H24FN3O2. The van der Waals surface area contributed by atoms with Gasteiger partial charge in [-0.05, 0) is 44.0 Å². The van der Waals surface area contributed by atoms with Crippen LogP contribution in [0.2, 0.25) is 0 Å². The van der Waals surface area contributed by atoms with E-state index in [2.05, 4.69) is 18.9 Å². The largest absolute Gasteiger partial charge is 0.491 e. The number of aromatic nitrogens is 2. The van der Waals surface area contributed by atoms with Gasteiger partial charge in [-0.25, -0.2) is 4.39 Å². The number of hydrogen-bond acceptors (Lipinski definition) is 3. The molecule has 0 radical (unpaired) electrons. The molecule has 0 aliphatic carbocycles. The van der Waals surface area contributed by atoms with Crippen LogP contribution in [0.25, 0.3) is 0 Å². The zero-order chi connectivity index (χ0) is 18.0. The molecule has 1 aliphatic rings. The molecule has 0 saturated heterocycles. The first-order valence-corrected chi connectivity index (χ1v) is 8.80. The summed E-state index contributed by atoms with van der Waals surface area (Å²) in [6.07, 6.45) is 1.82. The molecule has 3 rings (SSSR count). The summed E-state index contributed by atoms with van der Waals surface area (Å²) in [5.41, 5.74) is 2.11. The first-order valence-electron chi connectivity index (χ1n) is 8.80. The van der Waals surface area contributed by atoms with Crippen LogP contribution in [0, 0.1) is 12.7 Å². The van der Waals surface area contributed by atoms with Crippen LogP contribution in [0.15, 0.2) is 24.3 Å². The monoisotopic (exact) mass is 345 g/mol. The van der Waals surface area contributed by atoms with Crippen molar-refractivity contribution in [1.82, 2.24) is 14.7 Å². The van der Waals surface area contributed by atoms with E-state index in [4.69, 9.17) is 4.74 Å². The maximum Gasteiger partial charge on any atom is 0.272 e. The SMILES string of the molecule is CCC(CC)n1nc(C)cc1C(=O)N1CCOc2ccc(F)cc2C1. The topological polar surface area (TPSA) is 47.4 Å². The van der Waals surface area contributed by atoms with E-state index < -0.39 is 0 Å². The second-order valence-electron chi connectivity index (χ2n) is 6.41. The number of hydrogen-bond donors (Lipinski definition) is 0. The Bertz CT molecular complexity index is 768. The molecule has 0 N–H and O–H groups in total. The van der Waals surface area contributed by atoms with E-state index in [-0.39, 0.29) is 17.8 Å². The van der Waals surface area contributed by atoms with Gasteiger partial charge in [-0.1, -0.05) is 13.8 Å². The zero-order valence-electron chi connectivity index (χ0n) is 15.0. The van der Waals surface area contributed by atoms with Gasteiger partial charge in [0.25, 0.3) is 5.91 Å². The molecule has 134 valence electrons. The second-order valence-corrected chi connectivity index (χ2v) is 6.41. The van der Waals surface area contributed by atoms with Crippen molar-refractivity contribution in [3.63, 3.8) is 0 Å². The highest BCUT2D eigenvalue weighted by Gasteiger charge is 2.26. The summed E-state index contributed by atoms with van der Waals surface area (Å²) in [6, 6.07) is 6.46. The minimum Gasteiger partial charge on any atom is -0.491 e. The number of ether oxygens (including phenoxy) is 1. The van der Waals surface area contributed by atoms with E-state index in [1.165, 1.54) is 12.1 Å². The lowest BCUT2D eigenvalue weighted by Crippen LogP contribution is -2.34. The smallest absolute Gasteiger partial charge is 0.272 e. The van der Waals surface area contributed by atoms with Crippen molar-refractivity contribution >= 4 is 5.91 Å². The Balaban J connectivity index is 1.91. The quantitative estimate of drug-likeness (QED) is 0.848. The molecule has 1 aliphatic heterocycles. The van der Waals surface area contributed by atoms with E-state index in [9.17, 15) is 9.18 Å². The van der Waals surface area contributed by atoms with Crippen LogP contribution in [0.1, 0.15) is 54.5 Å². The van der Waals surface area contributed by atoms with Crippen LogP contribution in [-0.4, -0.2) is 33.7 Å². The number of nitrogens with zero attached hydrogens (tertiary/aromatic N) is 3. The average Bonchev–Trinajstić information content (AvgIpc) is 2.85. The summed E-state index contributed by atoms with van der Waals surface area (Å²) in [7, 11) is 0. The summed E-state index contributed by atoms with van der Waals surface area (Å²) < 4.78 is 21.1. The summed E-state index contributed by atoms with van der Waals surface area (Å²) in [6.45, 7) is 7.27. The van der Waals surface area contributed by atoms with Crippen molar-refractivity contribution < 1.29 is 13.9 Å². The van der Waals surface area contributed by atoms with Crippen LogP contribution >= 0.6 is 0 Å². The van der Waals surface area contributed by atoms with Gasteiger partial charge in [-0.2, -0.15) is 5.10 Å². The van der Waals surface area contributed by atoms with Gasteiger partial charge in [-0.15, -0.1) is 0 Å². The lowest BCUT2D eigenvalue weighted by molar-refractivity contribution is 0.0717. The molecule has 0 spiro atoms. The lowest BCUT2D eigenvalue weighted by Gasteiger charge is -2.22. The number of benzene rings is 1. The van der Waals surface area contributed by atoms with Gasteiger partial charge in [0.1, 0.15) is 23.9 Å². The van der Waals surface area contributed by atoms with Crippen LogP contribution in [0.3, 0.4) is 0 Å². The van der Waals surface area contributed by atoms with Crippen molar-refractivity contribution in [2.45, 2.75) is 46.2 Å². The molecule has 6 heteroatoms. The molecule has 0 bridgehead atoms. The highest BCUT2D eigenvalue weighted by molar-refractivity contribution is 5.92. The van der Waals surface area contributed by atoms with Crippen LogP contribution in [-0.2, 0) is 6.54 Å². The van der Waals surface area contributed by atoms with E-state index in [0.29, 0.717) is 36.7 Å². The molecule has 1 aromatic heterocycles. The Labute approximate surface area is 147 Å². The van der Waals surface area contributed by atoms with E-state index >= 15 is 0 Å². The minimum absolute atomic E-state index is 0.0896. The van der Waals surface area contributed by atoms with Gasteiger partial charge >= 0.3 is 0 Å². The van der Waals surface area contributed by atoms with E-state index in [0.717, 1.165) is 18.5 Å². The number of aryl methyl sites for hydroxylation is 1. The number of amides is 1. The van der Waals surface area contributed by atoms with E-state index in [1.54, 1.807) is 11.0 Å². The molecular weight excluding hydrogens is 321 g/mol. The zero-order valence-corrected chi connectivity index (χ0v) is 15.0. The second kappa shape index (κ2) is 7.25. The Hall–Kier alpha value is -2.37. The Morgan fingerprint density at radius 2 is 2.08 bits per heavy atom.